The topological polar surface area (TPSA) is 80.5 Å². The molecule has 6 heteroatoms. The molecule has 5 nitrogen and oxygen atoms in total. The molecule has 0 spiro atoms. The first kappa shape index (κ1) is 18.0. The van der Waals surface area contributed by atoms with Crippen LogP contribution in [0.5, 0.6) is 0 Å². The van der Waals surface area contributed by atoms with E-state index in [-0.39, 0.29) is 5.82 Å². The molecule has 0 saturated heterocycles. The minimum atomic E-state index is -0.296. The van der Waals surface area contributed by atoms with Crippen LogP contribution in [0.15, 0.2) is 73.2 Å². The van der Waals surface area contributed by atoms with Gasteiger partial charge < -0.3 is 5.73 Å². The first-order chi connectivity index (χ1) is 14.6. The number of benzene rings is 2. The highest BCUT2D eigenvalue weighted by molar-refractivity contribution is 5.93. The number of aromatic amines is 1. The van der Waals surface area contributed by atoms with Crippen LogP contribution in [0.3, 0.4) is 0 Å². The summed E-state index contributed by atoms with van der Waals surface area (Å²) in [6, 6.07) is 16.4. The van der Waals surface area contributed by atoms with E-state index >= 15 is 0 Å². The number of aryl methyl sites for hydroxylation is 1. The van der Waals surface area contributed by atoms with Gasteiger partial charge in [-0.05, 0) is 66.6 Å². The number of nitrogens with one attached hydrogen (secondary N) is 1. The molecule has 0 aliphatic rings. The lowest BCUT2D eigenvalue weighted by Gasteiger charge is -2.14. The predicted molar refractivity (Wildman–Crippen MR) is 117 cm³/mol. The molecule has 0 fully saturated rings. The Labute approximate surface area is 172 Å². The number of pyridine rings is 2. The minimum Gasteiger partial charge on any atom is -0.383 e. The summed E-state index contributed by atoms with van der Waals surface area (Å²) in [7, 11) is 0. The fourth-order valence-electron chi connectivity index (χ4n) is 3.66. The summed E-state index contributed by atoms with van der Waals surface area (Å²) in [4.78, 5) is 9.16. The monoisotopic (exact) mass is 395 g/mol. The summed E-state index contributed by atoms with van der Waals surface area (Å²) in [5.74, 6) is 0.0915. The number of fused-ring (bicyclic) bond motifs is 1. The van der Waals surface area contributed by atoms with Crippen LogP contribution in [0, 0.1) is 12.7 Å². The van der Waals surface area contributed by atoms with Crippen molar-refractivity contribution >= 4 is 16.7 Å². The fourth-order valence-corrected chi connectivity index (χ4v) is 3.66. The summed E-state index contributed by atoms with van der Waals surface area (Å²) in [6.07, 6.45) is 5.30. The van der Waals surface area contributed by atoms with Gasteiger partial charge >= 0.3 is 0 Å². The lowest BCUT2D eigenvalue weighted by molar-refractivity contribution is 0.628. The van der Waals surface area contributed by atoms with Crippen molar-refractivity contribution < 1.29 is 4.39 Å². The molecule has 3 aromatic heterocycles. The Bertz CT molecular complexity index is 1360. The van der Waals surface area contributed by atoms with Crippen molar-refractivity contribution in [2.24, 2.45) is 0 Å². The van der Waals surface area contributed by atoms with Gasteiger partial charge in [-0.1, -0.05) is 6.07 Å². The molecular weight excluding hydrogens is 377 g/mol. The van der Waals surface area contributed by atoms with Crippen LogP contribution in [0.2, 0.25) is 0 Å². The van der Waals surface area contributed by atoms with Crippen LogP contribution < -0.4 is 5.73 Å². The Balaban J connectivity index is 1.79. The molecule has 0 aliphatic carbocycles. The molecule has 0 atom stereocenters. The Hall–Kier alpha value is -4.06. The summed E-state index contributed by atoms with van der Waals surface area (Å²) < 4.78 is 13.5. The zero-order valence-electron chi connectivity index (χ0n) is 16.2. The Morgan fingerprint density at radius 2 is 1.70 bits per heavy atom. The van der Waals surface area contributed by atoms with Crippen molar-refractivity contribution in [1.82, 2.24) is 20.2 Å². The predicted octanol–water partition coefficient (Wildman–Crippen LogP) is 5.38. The van der Waals surface area contributed by atoms with Gasteiger partial charge in [-0.3, -0.25) is 10.1 Å². The summed E-state index contributed by atoms with van der Waals surface area (Å²) in [5.41, 5.74) is 13.4. The second-order valence-electron chi connectivity index (χ2n) is 7.17. The first-order valence-electron chi connectivity index (χ1n) is 9.51. The van der Waals surface area contributed by atoms with E-state index in [1.54, 1.807) is 24.5 Å². The second kappa shape index (κ2) is 7.08. The third-order valence-electron chi connectivity index (χ3n) is 5.25. The number of aromatic nitrogens is 4. The number of halogens is 1. The molecule has 0 saturated carbocycles. The second-order valence-corrected chi connectivity index (χ2v) is 7.17. The fraction of sp³-hybridized carbons (Fsp3) is 0.0417. The molecule has 0 radical (unpaired) electrons. The van der Waals surface area contributed by atoms with Crippen LogP contribution in [0.25, 0.3) is 44.4 Å². The van der Waals surface area contributed by atoms with E-state index in [2.05, 4.69) is 28.2 Å². The van der Waals surface area contributed by atoms with E-state index < -0.39 is 0 Å². The largest absolute Gasteiger partial charge is 0.383 e. The average Bonchev–Trinajstić information content (AvgIpc) is 3.29. The number of anilines is 1. The highest BCUT2D eigenvalue weighted by atomic mass is 19.1. The molecule has 3 N–H and O–H groups in total. The van der Waals surface area contributed by atoms with E-state index in [9.17, 15) is 4.39 Å². The van der Waals surface area contributed by atoms with E-state index in [0.29, 0.717) is 11.5 Å². The molecule has 0 bridgehead atoms. The number of hydrogen-bond acceptors (Lipinski definition) is 4. The normalized spacial score (nSPS) is 11.1. The Morgan fingerprint density at radius 3 is 2.47 bits per heavy atom. The maximum absolute atomic E-state index is 13.5. The molecule has 3 heterocycles. The van der Waals surface area contributed by atoms with Crippen LogP contribution >= 0.6 is 0 Å². The van der Waals surface area contributed by atoms with Gasteiger partial charge in [-0.25, -0.2) is 9.37 Å². The third kappa shape index (κ3) is 3.08. The van der Waals surface area contributed by atoms with Gasteiger partial charge in [0, 0.05) is 40.0 Å². The minimum absolute atomic E-state index is 0.296. The van der Waals surface area contributed by atoms with Gasteiger partial charge in [-0.15, -0.1) is 0 Å². The van der Waals surface area contributed by atoms with E-state index in [1.807, 2.05) is 30.5 Å². The lowest BCUT2D eigenvalue weighted by Crippen LogP contribution is -1.99. The van der Waals surface area contributed by atoms with Gasteiger partial charge in [0.1, 0.15) is 11.6 Å². The van der Waals surface area contributed by atoms with E-state index in [1.165, 1.54) is 12.1 Å². The smallest absolute Gasteiger partial charge is 0.132 e. The third-order valence-corrected chi connectivity index (χ3v) is 5.25. The van der Waals surface area contributed by atoms with Crippen molar-refractivity contribution in [3.05, 3.63) is 84.6 Å². The molecule has 2 aromatic carbocycles. The van der Waals surface area contributed by atoms with Gasteiger partial charge in [0.15, 0.2) is 0 Å². The van der Waals surface area contributed by atoms with Crippen molar-refractivity contribution in [1.29, 1.82) is 0 Å². The molecule has 146 valence electrons. The summed E-state index contributed by atoms with van der Waals surface area (Å²) in [6.45, 7) is 2.06. The van der Waals surface area contributed by atoms with Crippen LogP contribution in [0.4, 0.5) is 10.2 Å². The van der Waals surface area contributed by atoms with Crippen LogP contribution in [-0.4, -0.2) is 20.2 Å². The van der Waals surface area contributed by atoms with Gasteiger partial charge in [0.25, 0.3) is 0 Å². The van der Waals surface area contributed by atoms with Crippen molar-refractivity contribution in [3.8, 4) is 33.5 Å². The zero-order chi connectivity index (χ0) is 20.7. The quantitative estimate of drug-likeness (QED) is 0.430. The lowest BCUT2D eigenvalue weighted by atomic mass is 9.94. The Morgan fingerprint density at radius 1 is 0.900 bits per heavy atom. The molecule has 5 aromatic rings. The number of nitrogens with zero attached hydrogens (tertiary/aromatic N) is 3. The highest BCUT2D eigenvalue weighted by Gasteiger charge is 2.16. The van der Waals surface area contributed by atoms with Gasteiger partial charge in [-0.2, -0.15) is 5.10 Å². The van der Waals surface area contributed by atoms with Crippen molar-refractivity contribution in [2.75, 3.05) is 5.73 Å². The average molecular weight is 395 g/mol. The molecular formula is C24H18FN5. The standard InChI is InChI=1S/C24H18FN5/c1-14-8-9-27-22-7-4-16(10-19(14)22)20-11-21(17-12-28-29-13-17)24(26)30-23(20)15-2-5-18(25)6-3-15/h2-13H,1H3,(H2,26,30)(H,28,29). The maximum Gasteiger partial charge on any atom is 0.132 e. The molecule has 0 aliphatic heterocycles. The van der Waals surface area contributed by atoms with E-state index in [4.69, 9.17) is 10.7 Å². The van der Waals surface area contributed by atoms with Gasteiger partial charge in [0.05, 0.1) is 17.4 Å². The number of rotatable bonds is 3. The molecule has 30 heavy (non-hydrogen) atoms. The SMILES string of the molecule is Cc1ccnc2ccc(-c3cc(-c4cn[nH]c4)c(N)nc3-c3ccc(F)cc3)cc12. The number of nitrogen functional groups attached to an aromatic ring is 1. The maximum atomic E-state index is 13.5. The van der Waals surface area contributed by atoms with Crippen LogP contribution in [-0.2, 0) is 0 Å². The first-order valence-corrected chi connectivity index (χ1v) is 9.51. The number of hydrogen-bond donors (Lipinski definition) is 2. The van der Waals surface area contributed by atoms with Gasteiger partial charge in [0.2, 0.25) is 0 Å². The van der Waals surface area contributed by atoms with Crippen molar-refractivity contribution in [3.63, 3.8) is 0 Å². The highest BCUT2D eigenvalue weighted by Crippen LogP contribution is 2.37. The summed E-state index contributed by atoms with van der Waals surface area (Å²) in [5, 5.41) is 7.91. The summed E-state index contributed by atoms with van der Waals surface area (Å²) >= 11 is 0. The van der Waals surface area contributed by atoms with E-state index in [0.717, 1.165) is 44.3 Å². The van der Waals surface area contributed by atoms with Crippen molar-refractivity contribution in [2.45, 2.75) is 6.92 Å². The molecule has 0 unspecified atom stereocenters. The van der Waals surface area contributed by atoms with Crippen LogP contribution in [0.1, 0.15) is 5.56 Å². The molecule has 0 amide bonds. The molecule has 5 rings (SSSR count). The zero-order valence-corrected chi connectivity index (χ0v) is 16.2. The number of H-pyrrole nitrogens is 1. The number of nitrogens with two attached hydrogens (primary N) is 1. The Kier molecular flexibility index (Phi) is 4.25.